The van der Waals surface area contributed by atoms with E-state index in [-0.39, 0.29) is 0 Å². The molecule has 4 nitrogen and oxygen atoms in total. The predicted molar refractivity (Wildman–Crippen MR) is 75.6 cm³/mol. The summed E-state index contributed by atoms with van der Waals surface area (Å²) in [7, 11) is 0. The van der Waals surface area contributed by atoms with Gasteiger partial charge in [0.1, 0.15) is 16.8 Å². The number of hydrogen-bond donors (Lipinski definition) is 1. The van der Waals surface area contributed by atoms with Crippen molar-refractivity contribution in [2.45, 2.75) is 50.1 Å². The van der Waals surface area contributed by atoms with Crippen LogP contribution in [0.3, 0.4) is 0 Å². The maximum absolute atomic E-state index is 6.09. The Balaban J connectivity index is 1.44. The fourth-order valence-electron chi connectivity index (χ4n) is 2.92. The smallest absolute Gasteiger partial charge is 0.135 e. The molecular weight excluding hydrogens is 260 g/mol. The van der Waals surface area contributed by atoms with Crippen LogP contribution >= 0.6 is 11.6 Å². The molecule has 0 amide bonds. The molecule has 5 heteroatoms. The highest BCUT2D eigenvalue weighted by atomic mass is 35.5. The molecule has 0 spiro atoms. The lowest BCUT2D eigenvalue weighted by Gasteiger charge is -2.16. The second-order valence-electron chi connectivity index (χ2n) is 6.06. The second kappa shape index (κ2) is 4.60. The molecule has 3 fully saturated rings. The Bertz CT molecular complexity index is 484. The monoisotopic (exact) mass is 278 g/mol. The van der Waals surface area contributed by atoms with Crippen molar-refractivity contribution in [2.75, 3.05) is 18.4 Å². The van der Waals surface area contributed by atoms with Gasteiger partial charge in [-0.05, 0) is 32.1 Å². The number of rotatable bonds is 4. The van der Waals surface area contributed by atoms with Gasteiger partial charge in [-0.1, -0.05) is 11.6 Å². The van der Waals surface area contributed by atoms with Gasteiger partial charge in [-0.3, -0.25) is 4.90 Å². The summed E-state index contributed by atoms with van der Waals surface area (Å²) in [6.45, 7) is 2.36. The lowest BCUT2D eigenvalue weighted by molar-refractivity contribution is 0.326. The standard InChI is InChI=1S/C14H19ClN4/c15-12-7-13(18-14(17-12)9-1-2-9)16-10-5-6-19(8-10)11-3-4-11/h7,9-11H,1-6,8H2,(H,16,17,18). The van der Waals surface area contributed by atoms with Crippen molar-refractivity contribution in [3.05, 3.63) is 17.0 Å². The van der Waals surface area contributed by atoms with Gasteiger partial charge in [-0.25, -0.2) is 9.97 Å². The number of hydrogen-bond acceptors (Lipinski definition) is 4. The molecule has 0 aromatic carbocycles. The lowest BCUT2D eigenvalue weighted by Crippen LogP contribution is -2.28. The molecular formula is C14H19ClN4. The molecule has 1 aromatic rings. The van der Waals surface area contributed by atoms with Crippen LogP contribution < -0.4 is 5.32 Å². The van der Waals surface area contributed by atoms with Gasteiger partial charge in [-0.15, -0.1) is 0 Å². The summed E-state index contributed by atoms with van der Waals surface area (Å²) in [6, 6.07) is 3.23. The van der Waals surface area contributed by atoms with Crippen molar-refractivity contribution >= 4 is 17.4 Å². The molecule has 0 radical (unpaired) electrons. The van der Waals surface area contributed by atoms with E-state index in [1.165, 1.54) is 38.6 Å². The Morgan fingerprint density at radius 2 is 2.00 bits per heavy atom. The summed E-state index contributed by atoms with van der Waals surface area (Å²) in [5, 5.41) is 4.11. The Kier molecular flexibility index (Phi) is 2.88. The number of nitrogens with zero attached hydrogens (tertiary/aromatic N) is 3. The summed E-state index contributed by atoms with van der Waals surface area (Å²) < 4.78 is 0. The average molecular weight is 279 g/mol. The van der Waals surface area contributed by atoms with E-state index in [4.69, 9.17) is 11.6 Å². The average Bonchev–Trinajstić information content (AvgIpc) is 3.28. The van der Waals surface area contributed by atoms with Crippen LogP contribution in [0.15, 0.2) is 6.07 Å². The zero-order valence-corrected chi connectivity index (χ0v) is 11.7. The minimum atomic E-state index is 0.513. The highest BCUT2D eigenvalue weighted by molar-refractivity contribution is 6.29. The first-order chi connectivity index (χ1) is 9.28. The van der Waals surface area contributed by atoms with Gasteiger partial charge in [0.2, 0.25) is 0 Å². The Morgan fingerprint density at radius 3 is 2.74 bits per heavy atom. The van der Waals surface area contributed by atoms with Crippen molar-refractivity contribution in [3.8, 4) is 0 Å². The number of aromatic nitrogens is 2. The maximum atomic E-state index is 6.09. The first kappa shape index (κ1) is 11.9. The predicted octanol–water partition coefficient (Wildman–Crippen LogP) is 2.66. The number of likely N-dealkylation sites (tertiary alicyclic amines) is 1. The zero-order chi connectivity index (χ0) is 12.8. The van der Waals surface area contributed by atoms with Gasteiger partial charge in [0.15, 0.2) is 0 Å². The topological polar surface area (TPSA) is 41.0 Å². The molecule has 1 saturated heterocycles. The summed E-state index contributed by atoms with van der Waals surface area (Å²) in [4.78, 5) is 11.5. The van der Waals surface area contributed by atoms with E-state index in [9.17, 15) is 0 Å². The molecule has 19 heavy (non-hydrogen) atoms. The summed E-state index contributed by atoms with van der Waals surface area (Å²) >= 11 is 6.09. The van der Waals surface area contributed by atoms with Crippen molar-refractivity contribution in [3.63, 3.8) is 0 Å². The Labute approximate surface area is 118 Å². The maximum Gasteiger partial charge on any atom is 0.135 e. The van der Waals surface area contributed by atoms with Gasteiger partial charge in [-0.2, -0.15) is 0 Å². The van der Waals surface area contributed by atoms with Gasteiger partial charge in [0.05, 0.1) is 0 Å². The van der Waals surface area contributed by atoms with E-state index in [0.29, 0.717) is 17.1 Å². The molecule has 1 atom stereocenters. The van der Waals surface area contributed by atoms with E-state index >= 15 is 0 Å². The molecule has 2 aliphatic carbocycles. The molecule has 3 aliphatic rings. The number of nitrogens with one attached hydrogen (secondary N) is 1. The largest absolute Gasteiger partial charge is 0.366 e. The van der Waals surface area contributed by atoms with Crippen molar-refractivity contribution < 1.29 is 0 Å². The van der Waals surface area contributed by atoms with Crippen molar-refractivity contribution in [1.29, 1.82) is 0 Å². The second-order valence-corrected chi connectivity index (χ2v) is 6.45. The minimum absolute atomic E-state index is 0.513. The number of halogens is 1. The first-order valence-corrected chi connectivity index (χ1v) is 7.71. The van der Waals surface area contributed by atoms with E-state index in [0.717, 1.165) is 24.2 Å². The summed E-state index contributed by atoms with van der Waals surface area (Å²) in [5.41, 5.74) is 0. The van der Waals surface area contributed by atoms with E-state index in [1.807, 2.05) is 6.07 Å². The van der Waals surface area contributed by atoms with Crippen LogP contribution in [0.2, 0.25) is 5.15 Å². The van der Waals surface area contributed by atoms with Crippen molar-refractivity contribution in [1.82, 2.24) is 14.9 Å². The molecule has 1 aliphatic heterocycles. The van der Waals surface area contributed by atoms with Crippen LogP contribution in [-0.2, 0) is 0 Å². The van der Waals surface area contributed by atoms with Crippen LogP contribution in [0.5, 0.6) is 0 Å². The molecule has 1 unspecified atom stereocenters. The van der Waals surface area contributed by atoms with E-state index < -0.39 is 0 Å². The summed E-state index contributed by atoms with van der Waals surface area (Å²) in [6.07, 6.45) is 6.39. The molecule has 102 valence electrons. The lowest BCUT2D eigenvalue weighted by atomic mass is 10.2. The third-order valence-electron chi connectivity index (χ3n) is 4.29. The van der Waals surface area contributed by atoms with Crippen LogP contribution in [0.1, 0.15) is 43.8 Å². The molecule has 2 saturated carbocycles. The van der Waals surface area contributed by atoms with Crippen LogP contribution in [-0.4, -0.2) is 40.0 Å². The molecule has 0 bridgehead atoms. The summed E-state index contributed by atoms with van der Waals surface area (Å²) in [5.74, 6) is 2.38. The van der Waals surface area contributed by atoms with Crippen LogP contribution in [0, 0.1) is 0 Å². The third kappa shape index (κ3) is 2.70. The normalized spacial score (nSPS) is 27.7. The SMILES string of the molecule is Clc1cc(NC2CCN(C3CC3)C2)nc(C2CC2)n1. The zero-order valence-electron chi connectivity index (χ0n) is 11.0. The highest BCUT2D eigenvalue weighted by Crippen LogP contribution is 2.39. The van der Waals surface area contributed by atoms with Gasteiger partial charge < -0.3 is 5.32 Å². The molecule has 2 heterocycles. The quantitative estimate of drug-likeness (QED) is 0.860. The van der Waals surface area contributed by atoms with Crippen LogP contribution in [0.25, 0.3) is 0 Å². The molecule has 1 N–H and O–H groups in total. The fraction of sp³-hybridized carbons (Fsp3) is 0.714. The van der Waals surface area contributed by atoms with Gasteiger partial charge >= 0.3 is 0 Å². The minimum Gasteiger partial charge on any atom is -0.366 e. The number of anilines is 1. The van der Waals surface area contributed by atoms with E-state index in [1.54, 1.807) is 0 Å². The highest BCUT2D eigenvalue weighted by Gasteiger charge is 2.34. The van der Waals surface area contributed by atoms with Crippen LogP contribution in [0.4, 0.5) is 5.82 Å². The van der Waals surface area contributed by atoms with Gasteiger partial charge in [0.25, 0.3) is 0 Å². The molecule has 1 aromatic heterocycles. The Hall–Kier alpha value is -0.870. The fourth-order valence-corrected chi connectivity index (χ4v) is 3.11. The van der Waals surface area contributed by atoms with E-state index in [2.05, 4.69) is 20.2 Å². The third-order valence-corrected chi connectivity index (χ3v) is 4.48. The van der Waals surface area contributed by atoms with Gasteiger partial charge in [0, 0.05) is 37.2 Å². The van der Waals surface area contributed by atoms with Crippen molar-refractivity contribution in [2.24, 2.45) is 0 Å². The Morgan fingerprint density at radius 1 is 1.16 bits per heavy atom. The first-order valence-electron chi connectivity index (χ1n) is 7.33. The molecule has 4 rings (SSSR count).